The number of benzene rings is 4. The average molecular weight is 577 g/mol. The Morgan fingerprint density at radius 2 is 1.40 bits per heavy atom. The first-order valence-corrected chi connectivity index (χ1v) is 15.1. The number of carbonyl (C=O) groups is 1. The summed E-state index contributed by atoms with van der Waals surface area (Å²) in [6.45, 7) is 5.14. The molecule has 5 nitrogen and oxygen atoms in total. The summed E-state index contributed by atoms with van der Waals surface area (Å²) >= 11 is 0. The van der Waals surface area contributed by atoms with Crippen LogP contribution in [0.4, 0.5) is 0 Å². The number of rotatable bonds is 13. The smallest absolute Gasteiger partial charge is 0.335 e. The van der Waals surface area contributed by atoms with Gasteiger partial charge in [0.2, 0.25) is 0 Å². The summed E-state index contributed by atoms with van der Waals surface area (Å²) < 4.78 is 23.0. The third-order valence-corrected chi connectivity index (χ3v) is 7.78. The normalized spacial score (nSPS) is 14.3. The third-order valence-electron chi connectivity index (χ3n) is 7.78. The van der Waals surface area contributed by atoms with Crippen LogP contribution in [0.15, 0.2) is 91.0 Å². The van der Waals surface area contributed by atoms with E-state index in [1.54, 1.807) is 6.92 Å². The van der Waals surface area contributed by atoms with E-state index in [4.69, 9.17) is 18.9 Å². The number of methoxy groups -OCH3 is 1. The molecule has 0 saturated heterocycles. The molecule has 0 spiro atoms. The second kappa shape index (κ2) is 14.8. The van der Waals surface area contributed by atoms with E-state index < -0.39 is 6.10 Å². The van der Waals surface area contributed by atoms with Gasteiger partial charge >= 0.3 is 5.97 Å². The van der Waals surface area contributed by atoms with Crippen molar-refractivity contribution in [3.63, 3.8) is 0 Å². The Kier molecular flexibility index (Phi) is 10.4. The lowest BCUT2D eigenvalue weighted by atomic mass is 9.93. The zero-order chi connectivity index (χ0) is 30.0. The van der Waals surface area contributed by atoms with Gasteiger partial charge in [-0.15, -0.1) is 0 Å². The van der Waals surface area contributed by atoms with Crippen LogP contribution < -0.4 is 4.74 Å². The molecule has 43 heavy (non-hydrogen) atoms. The van der Waals surface area contributed by atoms with E-state index in [1.807, 2.05) is 24.3 Å². The molecule has 0 fully saturated rings. The largest absolute Gasteiger partial charge is 0.491 e. The molecule has 0 N–H and O–H groups in total. The van der Waals surface area contributed by atoms with Crippen molar-refractivity contribution in [2.75, 3.05) is 26.9 Å². The standard InChI is InChI=1S/C38H40O5/c1-4-27-13-19-34-31(24-27)15-16-32-25-30(23-28-9-7-6-8-10-28)14-20-35(32)37(34)43-22-21-42-33-17-11-29(12-18-33)26-36(40-3)38(39)41-5-2/h6-20,24-25,36-37H,4-5,21-23,26H2,1-3H3. The van der Waals surface area contributed by atoms with Crippen LogP contribution >= 0.6 is 0 Å². The molecule has 0 aromatic heterocycles. The molecule has 0 heterocycles. The second-order valence-corrected chi connectivity index (χ2v) is 10.7. The highest BCUT2D eigenvalue weighted by atomic mass is 16.6. The fraction of sp³-hybridized carbons (Fsp3) is 0.289. The molecule has 1 aliphatic rings. The van der Waals surface area contributed by atoms with Gasteiger partial charge in [0.1, 0.15) is 18.5 Å². The van der Waals surface area contributed by atoms with Crippen LogP contribution in [-0.2, 0) is 38.3 Å². The van der Waals surface area contributed by atoms with E-state index in [1.165, 1.54) is 40.5 Å². The molecule has 2 atom stereocenters. The predicted octanol–water partition coefficient (Wildman–Crippen LogP) is 7.63. The highest BCUT2D eigenvalue weighted by Gasteiger charge is 2.23. The van der Waals surface area contributed by atoms with Gasteiger partial charge in [0.25, 0.3) is 0 Å². The van der Waals surface area contributed by atoms with E-state index in [0.29, 0.717) is 26.2 Å². The number of carbonyl (C=O) groups excluding carboxylic acids is 1. The zero-order valence-corrected chi connectivity index (χ0v) is 25.3. The Morgan fingerprint density at radius 1 is 0.744 bits per heavy atom. The van der Waals surface area contributed by atoms with Gasteiger partial charge in [-0.05, 0) is 76.4 Å². The van der Waals surface area contributed by atoms with Crippen LogP contribution in [0.3, 0.4) is 0 Å². The molecule has 0 bridgehead atoms. The van der Waals surface area contributed by atoms with Crippen molar-refractivity contribution >= 4 is 18.1 Å². The van der Waals surface area contributed by atoms with Crippen molar-refractivity contribution in [3.8, 4) is 5.75 Å². The van der Waals surface area contributed by atoms with Crippen molar-refractivity contribution in [1.82, 2.24) is 0 Å². The van der Waals surface area contributed by atoms with Crippen LogP contribution in [0.25, 0.3) is 12.2 Å². The third kappa shape index (κ3) is 7.81. The monoisotopic (exact) mass is 576 g/mol. The summed E-state index contributed by atoms with van der Waals surface area (Å²) in [5.74, 6) is 0.400. The summed E-state index contributed by atoms with van der Waals surface area (Å²) in [4.78, 5) is 12.1. The number of aryl methyl sites for hydroxylation is 1. The molecule has 2 unspecified atom stereocenters. The van der Waals surface area contributed by atoms with Crippen molar-refractivity contribution in [2.45, 2.75) is 45.3 Å². The Morgan fingerprint density at radius 3 is 2.05 bits per heavy atom. The first-order chi connectivity index (χ1) is 21.1. The van der Waals surface area contributed by atoms with E-state index >= 15 is 0 Å². The van der Waals surface area contributed by atoms with Crippen LogP contribution in [-0.4, -0.2) is 39.0 Å². The quantitative estimate of drug-likeness (QED) is 0.121. The van der Waals surface area contributed by atoms with Crippen molar-refractivity contribution in [2.24, 2.45) is 0 Å². The van der Waals surface area contributed by atoms with E-state index in [2.05, 4.69) is 85.8 Å². The predicted molar refractivity (Wildman–Crippen MR) is 171 cm³/mol. The Labute approximate surface area is 255 Å². The molecule has 5 rings (SSSR count). The first-order valence-electron chi connectivity index (χ1n) is 15.1. The molecule has 4 aromatic rings. The summed E-state index contributed by atoms with van der Waals surface area (Å²) in [5.41, 5.74) is 9.56. The van der Waals surface area contributed by atoms with Gasteiger partial charge in [-0.3, -0.25) is 0 Å². The molecule has 0 amide bonds. The van der Waals surface area contributed by atoms with Crippen molar-refractivity contribution in [3.05, 3.63) is 136 Å². The van der Waals surface area contributed by atoms with Gasteiger partial charge in [-0.25, -0.2) is 4.79 Å². The number of hydrogen-bond acceptors (Lipinski definition) is 5. The molecular weight excluding hydrogens is 536 g/mol. The summed E-state index contributed by atoms with van der Waals surface area (Å²) in [6, 6.07) is 31.7. The summed E-state index contributed by atoms with van der Waals surface area (Å²) in [7, 11) is 1.52. The maximum absolute atomic E-state index is 12.1. The molecular formula is C38H40O5. The summed E-state index contributed by atoms with van der Waals surface area (Å²) in [5, 5.41) is 0. The number of fused-ring (bicyclic) bond motifs is 2. The molecule has 5 heteroatoms. The minimum atomic E-state index is -0.622. The van der Waals surface area contributed by atoms with Crippen LogP contribution in [0.2, 0.25) is 0 Å². The molecule has 1 aliphatic carbocycles. The maximum Gasteiger partial charge on any atom is 0.335 e. The second-order valence-electron chi connectivity index (χ2n) is 10.7. The Bertz CT molecular complexity index is 1520. The summed E-state index contributed by atoms with van der Waals surface area (Å²) in [6.07, 6.45) is 5.94. The van der Waals surface area contributed by atoms with E-state index in [9.17, 15) is 4.79 Å². The zero-order valence-electron chi connectivity index (χ0n) is 25.3. The van der Waals surface area contributed by atoms with Crippen LogP contribution in [0.5, 0.6) is 5.75 Å². The van der Waals surface area contributed by atoms with E-state index in [-0.39, 0.29) is 12.1 Å². The molecule has 0 saturated carbocycles. The maximum atomic E-state index is 12.1. The van der Waals surface area contributed by atoms with Crippen molar-refractivity contribution < 1.29 is 23.7 Å². The number of esters is 1. The van der Waals surface area contributed by atoms with Crippen molar-refractivity contribution in [1.29, 1.82) is 0 Å². The lowest BCUT2D eigenvalue weighted by Crippen LogP contribution is -2.27. The molecule has 0 radical (unpaired) electrons. The lowest BCUT2D eigenvalue weighted by Gasteiger charge is -2.22. The highest BCUT2D eigenvalue weighted by molar-refractivity contribution is 5.77. The van der Waals surface area contributed by atoms with Gasteiger partial charge < -0.3 is 18.9 Å². The van der Waals surface area contributed by atoms with Crippen LogP contribution in [0, 0.1) is 0 Å². The minimum Gasteiger partial charge on any atom is -0.491 e. The number of ether oxygens (including phenoxy) is 4. The lowest BCUT2D eigenvalue weighted by molar-refractivity contribution is -0.154. The Balaban J connectivity index is 1.26. The number of hydrogen-bond donors (Lipinski definition) is 0. The fourth-order valence-electron chi connectivity index (χ4n) is 5.46. The topological polar surface area (TPSA) is 54.0 Å². The average Bonchev–Trinajstić information content (AvgIpc) is 3.19. The fourth-order valence-corrected chi connectivity index (χ4v) is 5.46. The van der Waals surface area contributed by atoms with Gasteiger partial charge in [0.15, 0.2) is 6.10 Å². The van der Waals surface area contributed by atoms with Gasteiger partial charge in [-0.1, -0.05) is 97.9 Å². The Hall–Kier alpha value is -4.19. The molecule has 0 aliphatic heterocycles. The van der Waals surface area contributed by atoms with Gasteiger partial charge in [0.05, 0.1) is 13.2 Å². The SMILES string of the molecule is CCOC(=O)C(Cc1ccc(OCCOC2c3ccc(CC)cc3C=Cc3cc(Cc4ccccc4)ccc32)cc1)OC. The van der Waals surface area contributed by atoms with Crippen LogP contribution in [0.1, 0.15) is 64.5 Å². The first kappa shape index (κ1) is 30.3. The van der Waals surface area contributed by atoms with Gasteiger partial charge in [0, 0.05) is 13.5 Å². The van der Waals surface area contributed by atoms with Gasteiger partial charge in [-0.2, -0.15) is 0 Å². The highest BCUT2D eigenvalue weighted by Crippen LogP contribution is 2.36. The van der Waals surface area contributed by atoms with E-state index in [0.717, 1.165) is 29.7 Å². The molecule has 222 valence electrons. The minimum absolute atomic E-state index is 0.198. The molecule has 4 aromatic carbocycles.